The molecule has 0 atom stereocenters. The lowest BCUT2D eigenvalue weighted by Gasteiger charge is -1.96. The van der Waals surface area contributed by atoms with Gasteiger partial charge in [0, 0.05) is 23.6 Å². The van der Waals surface area contributed by atoms with Gasteiger partial charge >= 0.3 is 0 Å². The standard InChI is InChI=1S/C6H12ClNS/c1-6(4-7)5-9-3-2-8/h4H,2-3,5,8H2,1H3/b6-4+. The molecular weight excluding hydrogens is 154 g/mol. The lowest BCUT2D eigenvalue weighted by Crippen LogP contribution is -2.01. The average molecular weight is 166 g/mol. The molecule has 1 nitrogen and oxygen atoms in total. The Labute approximate surface area is 65.6 Å². The van der Waals surface area contributed by atoms with Crippen molar-refractivity contribution in [3.63, 3.8) is 0 Å². The summed E-state index contributed by atoms with van der Waals surface area (Å²) in [6.07, 6.45) is 0. The smallest absolute Gasteiger partial charge is 0.0152 e. The van der Waals surface area contributed by atoms with Crippen LogP contribution < -0.4 is 5.73 Å². The molecule has 9 heavy (non-hydrogen) atoms. The highest BCUT2D eigenvalue weighted by molar-refractivity contribution is 7.99. The molecule has 54 valence electrons. The van der Waals surface area contributed by atoms with Crippen molar-refractivity contribution in [3.05, 3.63) is 11.1 Å². The normalized spacial score (nSPS) is 12.1. The third-order valence-corrected chi connectivity index (χ3v) is 2.33. The van der Waals surface area contributed by atoms with Gasteiger partial charge in [0.1, 0.15) is 0 Å². The van der Waals surface area contributed by atoms with Crippen LogP contribution in [0.1, 0.15) is 6.92 Å². The van der Waals surface area contributed by atoms with Crippen molar-refractivity contribution >= 4 is 23.4 Å². The fourth-order valence-corrected chi connectivity index (χ4v) is 1.23. The third kappa shape index (κ3) is 6.22. The summed E-state index contributed by atoms with van der Waals surface area (Å²) in [5, 5.41) is 0. The molecule has 0 aromatic carbocycles. The van der Waals surface area contributed by atoms with Gasteiger partial charge in [-0.3, -0.25) is 0 Å². The van der Waals surface area contributed by atoms with E-state index >= 15 is 0 Å². The number of nitrogens with two attached hydrogens (primary N) is 1. The van der Waals surface area contributed by atoms with Crippen molar-refractivity contribution in [3.8, 4) is 0 Å². The van der Waals surface area contributed by atoms with Crippen LogP contribution in [0, 0.1) is 0 Å². The van der Waals surface area contributed by atoms with Crippen LogP contribution in [0.5, 0.6) is 0 Å². The van der Waals surface area contributed by atoms with E-state index in [-0.39, 0.29) is 0 Å². The fourth-order valence-electron chi connectivity index (χ4n) is 0.348. The van der Waals surface area contributed by atoms with Crippen LogP contribution in [-0.2, 0) is 0 Å². The first-order chi connectivity index (χ1) is 4.31. The van der Waals surface area contributed by atoms with E-state index in [1.54, 1.807) is 5.54 Å². The molecule has 0 rings (SSSR count). The average Bonchev–Trinajstić information content (AvgIpc) is 1.89. The SMILES string of the molecule is C/C(=C\Cl)CSCCN. The molecule has 0 saturated heterocycles. The van der Waals surface area contributed by atoms with Gasteiger partial charge in [0.25, 0.3) is 0 Å². The maximum Gasteiger partial charge on any atom is 0.0152 e. The predicted octanol–water partition coefficient (Wildman–Crippen LogP) is 1.82. The third-order valence-electron chi connectivity index (χ3n) is 0.778. The van der Waals surface area contributed by atoms with E-state index in [4.69, 9.17) is 17.3 Å². The number of rotatable bonds is 4. The maximum atomic E-state index is 5.42. The highest BCUT2D eigenvalue weighted by Gasteiger charge is 1.87. The first kappa shape index (κ1) is 9.34. The van der Waals surface area contributed by atoms with E-state index in [0.717, 1.165) is 18.1 Å². The van der Waals surface area contributed by atoms with Crippen LogP contribution in [-0.4, -0.2) is 18.1 Å². The van der Waals surface area contributed by atoms with Crippen LogP contribution in [0.25, 0.3) is 0 Å². The second-order valence-corrected chi connectivity index (χ2v) is 3.12. The van der Waals surface area contributed by atoms with Crippen LogP contribution in [0.2, 0.25) is 0 Å². The summed E-state index contributed by atoms with van der Waals surface area (Å²) < 4.78 is 0. The molecule has 0 saturated carbocycles. The first-order valence-electron chi connectivity index (χ1n) is 2.85. The van der Waals surface area contributed by atoms with Crippen LogP contribution >= 0.6 is 23.4 Å². The van der Waals surface area contributed by atoms with Crippen molar-refractivity contribution in [2.75, 3.05) is 18.1 Å². The molecule has 3 heteroatoms. The zero-order chi connectivity index (χ0) is 7.11. The monoisotopic (exact) mass is 165 g/mol. The van der Waals surface area contributed by atoms with Crippen LogP contribution in [0.3, 0.4) is 0 Å². The molecule has 0 heterocycles. The minimum Gasteiger partial charge on any atom is -0.330 e. The van der Waals surface area contributed by atoms with Gasteiger partial charge in [0.15, 0.2) is 0 Å². The zero-order valence-electron chi connectivity index (χ0n) is 5.56. The van der Waals surface area contributed by atoms with Crippen molar-refractivity contribution in [1.82, 2.24) is 0 Å². The molecule has 0 aromatic heterocycles. The summed E-state index contributed by atoms with van der Waals surface area (Å²) in [4.78, 5) is 0. The fraction of sp³-hybridized carbons (Fsp3) is 0.667. The highest BCUT2D eigenvalue weighted by Crippen LogP contribution is 2.06. The molecule has 0 bridgehead atoms. The lowest BCUT2D eigenvalue weighted by atomic mass is 10.4. The van der Waals surface area contributed by atoms with Gasteiger partial charge in [-0.05, 0) is 6.92 Å². The van der Waals surface area contributed by atoms with Gasteiger partial charge in [0.05, 0.1) is 0 Å². The molecular formula is C6H12ClNS. The quantitative estimate of drug-likeness (QED) is 0.644. The Morgan fingerprint density at radius 3 is 2.89 bits per heavy atom. The minimum absolute atomic E-state index is 0.750. The number of thioether (sulfide) groups is 1. The minimum atomic E-state index is 0.750. The van der Waals surface area contributed by atoms with Gasteiger partial charge in [-0.15, -0.1) is 0 Å². The molecule has 0 aliphatic carbocycles. The molecule has 0 radical (unpaired) electrons. The Kier molecular flexibility index (Phi) is 6.70. The maximum absolute atomic E-state index is 5.42. The van der Waals surface area contributed by atoms with Crippen molar-refractivity contribution in [2.45, 2.75) is 6.92 Å². The van der Waals surface area contributed by atoms with E-state index in [1.165, 1.54) is 5.57 Å². The van der Waals surface area contributed by atoms with Gasteiger partial charge in [0.2, 0.25) is 0 Å². The van der Waals surface area contributed by atoms with Crippen LogP contribution in [0.4, 0.5) is 0 Å². The molecule has 0 aliphatic heterocycles. The number of hydrogen-bond donors (Lipinski definition) is 1. The molecule has 0 unspecified atom stereocenters. The van der Waals surface area contributed by atoms with Crippen molar-refractivity contribution in [1.29, 1.82) is 0 Å². The Morgan fingerprint density at radius 1 is 1.78 bits per heavy atom. The number of hydrogen-bond acceptors (Lipinski definition) is 2. The second-order valence-electron chi connectivity index (χ2n) is 1.80. The van der Waals surface area contributed by atoms with Gasteiger partial charge in [-0.2, -0.15) is 11.8 Å². The molecule has 0 aliphatic rings. The topological polar surface area (TPSA) is 26.0 Å². The Balaban J connectivity index is 3.07. The summed E-state index contributed by atoms with van der Waals surface area (Å²) in [7, 11) is 0. The Hall–Kier alpha value is 0.340. The highest BCUT2D eigenvalue weighted by atomic mass is 35.5. The summed E-state index contributed by atoms with van der Waals surface area (Å²) in [5.41, 5.74) is 8.10. The van der Waals surface area contributed by atoms with Gasteiger partial charge < -0.3 is 5.73 Å². The van der Waals surface area contributed by atoms with E-state index < -0.39 is 0 Å². The summed E-state index contributed by atoms with van der Waals surface area (Å²) in [5.74, 6) is 2.02. The Bertz CT molecular complexity index is 93.1. The summed E-state index contributed by atoms with van der Waals surface area (Å²) in [6.45, 7) is 2.76. The van der Waals surface area contributed by atoms with Crippen molar-refractivity contribution < 1.29 is 0 Å². The number of halogens is 1. The van der Waals surface area contributed by atoms with Crippen molar-refractivity contribution in [2.24, 2.45) is 5.73 Å². The largest absolute Gasteiger partial charge is 0.330 e. The summed E-state index contributed by atoms with van der Waals surface area (Å²) in [6, 6.07) is 0. The predicted molar refractivity (Wildman–Crippen MR) is 46.0 cm³/mol. The van der Waals surface area contributed by atoms with E-state index in [9.17, 15) is 0 Å². The molecule has 0 aromatic rings. The molecule has 0 fully saturated rings. The lowest BCUT2D eigenvalue weighted by molar-refractivity contribution is 1.15. The van der Waals surface area contributed by atoms with Crippen LogP contribution in [0.15, 0.2) is 11.1 Å². The first-order valence-corrected chi connectivity index (χ1v) is 4.44. The molecule has 0 spiro atoms. The Morgan fingerprint density at radius 2 is 2.44 bits per heavy atom. The second kappa shape index (κ2) is 6.46. The molecule has 0 amide bonds. The zero-order valence-corrected chi connectivity index (χ0v) is 7.13. The van der Waals surface area contributed by atoms with Gasteiger partial charge in [-0.25, -0.2) is 0 Å². The van der Waals surface area contributed by atoms with E-state index in [2.05, 4.69) is 0 Å². The van der Waals surface area contributed by atoms with E-state index in [0.29, 0.717) is 0 Å². The van der Waals surface area contributed by atoms with Gasteiger partial charge in [-0.1, -0.05) is 17.2 Å². The molecule has 2 N–H and O–H groups in total. The summed E-state index contributed by atoms with van der Waals surface area (Å²) >= 11 is 7.23. The van der Waals surface area contributed by atoms with E-state index in [1.807, 2.05) is 18.7 Å².